The summed E-state index contributed by atoms with van der Waals surface area (Å²) in [4.78, 5) is 12.4. The lowest BCUT2D eigenvalue weighted by molar-refractivity contribution is -0.114. The summed E-state index contributed by atoms with van der Waals surface area (Å²) in [5.74, 6) is -0.746. The van der Waals surface area contributed by atoms with Gasteiger partial charge in [-0.05, 0) is 39.7 Å². The van der Waals surface area contributed by atoms with Gasteiger partial charge >= 0.3 is 0 Å². The Morgan fingerprint density at radius 2 is 2.04 bits per heavy atom. The number of carbonyl (C=O) groups excluding carboxylic acids is 1. The van der Waals surface area contributed by atoms with Crippen LogP contribution in [0.2, 0.25) is 5.02 Å². The highest BCUT2D eigenvalue weighted by atomic mass is 79.9. The Morgan fingerprint density at radius 3 is 2.71 bits per heavy atom. The number of hydrogen-bond acceptors (Lipinski definition) is 6. The molecule has 10 heteroatoms. The molecule has 1 N–H and O–H groups in total. The quantitative estimate of drug-likeness (QED) is 0.783. The fraction of sp³-hybridized carbons (Fsp3) is 0.143. The molecule has 1 aromatic heterocycles. The third-order valence-corrected chi connectivity index (χ3v) is 7.04. The number of nitrogens with one attached hydrogen (secondary N) is 1. The smallest absolute Gasteiger partial charge is 0.284 e. The number of halogens is 2. The second-order valence-electron chi connectivity index (χ2n) is 4.96. The van der Waals surface area contributed by atoms with Crippen LogP contribution in [0.1, 0.15) is 5.56 Å². The van der Waals surface area contributed by atoms with Crippen LogP contribution in [0.4, 0.5) is 5.00 Å². The van der Waals surface area contributed by atoms with Gasteiger partial charge in [-0.15, -0.1) is 11.3 Å². The van der Waals surface area contributed by atoms with Crippen molar-refractivity contribution < 1.29 is 13.2 Å². The van der Waals surface area contributed by atoms with Crippen molar-refractivity contribution >= 4 is 64.7 Å². The van der Waals surface area contributed by atoms with E-state index in [0.717, 1.165) is 5.56 Å². The van der Waals surface area contributed by atoms with E-state index in [9.17, 15) is 13.2 Å². The van der Waals surface area contributed by atoms with E-state index in [1.54, 1.807) is 31.3 Å². The normalized spacial score (nSPS) is 15.6. The van der Waals surface area contributed by atoms with Crippen molar-refractivity contribution in [3.8, 4) is 0 Å². The Kier molecular flexibility index (Phi) is 4.69. The maximum Gasteiger partial charge on any atom is 0.284 e. The number of anilines is 1. The Morgan fingerprint density at radius 1 is 1.38 bits per heavy atom. The van der Waals surface area contributed by atoms with Gasteiger partial charge < -0.3 is 5.32 Å². The van der Waals surface area contributed by atoms with Crippen LogP contribution in [0.5, 0.6) is 0 Å². The maximum atomic E-state index is 12.6. The predicted octanol–water partition coefficient (Wildman–Crippen LogP) is 3.02. The molecule has 0 saturated heterocycles. The lowest BCUT2D eigenvalue weighted by atomic mass is 10.2. The number of fused-ring (bicyclic) bond motifs is 1. The average molecular weight is 449 g/mol. The van der Waals surface area contributed by atoms with E-state index in [-0.39, 0.29) is 11.4 Å². The summed E-state index contributed by atoms with van der Waals surface area (Å²) in [5, 5.41) is 8.44. The number of amides is 1. The van der Waals surface area contributed by atoms with Crippen molar-refractivity contribution in [2.24, 2.45) is 5.10 Å². The first-order valence-electron chi connectivity index (χ1n) is 6.68. The van der Waals surface area contributed by atoms with Gasteiger partial charge in [-0.25, -0.2) is 8.42 Å². The topological polar surface area (TPSA) is 78.8 Å². The number of nitrogens with zero attached hydrogens (tertiary/aromatic N) is 2. The molecule has 1 aliphatic heterocycles. The van der Waals surface area contributed by atoms with E-state index >= 15 is 0 Å². The van der Waals surface area contributed by atoms with Crippen LogP contribution in [-0.2, 0) is 21.2 Å². The number of hydrogen-bond donors (Lipinski definition) is 1. The second kappa shape index (κ2) is 6.47. The first kappa shape index (κ1) is 17.4. The van der Waals surface area contributed by atoms with Crippen molar-refractivity contribution in [3.05, 3.63) is 44.7 Å². The molecule has 3 rings (SSSR count). The summed E-state index contributed by atoms with van der Waals surface area (Å²) < 4.78 is 25.9. The van der Waals surface area contributed by atoms with Gasteiger partial charge in [-0.3, -0.25) is 9.80 Å². The van der Waals surface area contributed by atoms with Crippen molar-refractivity contribution in [1.29, 1.82) is 0 Å². The van der Waals surface area contributed by atoms with Crippen molar-refractivity contribution in [2.75, 3.05) is 12.1 Å². The van der Waals surface area contributed by atoms with E-state index in [2.05, 4.69) is 26.3 Å². The molecule has 126 valence electrons. The van der Waals surface area contributed by atoms with E-state index in [4.69, 9.17) is 11.6 Å². The second-order valence-corrected chi connectivity index (χ2v) is 9.64. The standard InChI is InChI=1S/C14H11BrClN3O3S2/c1-19-14-10(6-11(15)23-14)24(21,22)13(18-19)12(20)17-7-8-2-4-9(16)5-3-8/h2-6H,7H2,1H3,(H,17,20). The molecule has 0 aliphatic carbocycles. The molecule has 0 bridgehead atoms. The van der Waals surface area contributed by atoms with Gasteiger partial charge in [0.15, 0.2) is 0 Å². The lowest BCUT2D eigenvalue weighted by Gasteiger charge is -2.20. The summed E-state index contributed by atoms with van der Waals surface area (Å²) in [7, 11) is -2.35. The molecule has 0 saturated carbocycles. The summed E-state index contributed by atoms with van der Waals surface area (Å²) in [6.07, 6.45) is 0. The van der Waals surface area contributed by atoms with Crippen LogP contribution in [0.25, 0.3) is 0 Å². The van der Waals surface area contributed by atoms with Gasteiger partial charge in [-0.2, -0.15) is 5.10 Å². The van der Waals surface area contributed by atoms with E-state index < -0.39 is 20.8 Å². The molecule has 0 atom stereocenters. The van der Waals surface area contributed by atoms with Crippen LogP contribution in [0, 0.1) is 0 Å². The van der Waals surface area contributed by atoms with Crippen molar-refractivity contribution in [2.45, 2.75) is 11.4 Å². The minimum atomic E-state index is -3.95. The minimum absolute atomic E-state index is 0.0773. The van der Waals surface area contributed by atoms with Gasteiger partial charge in [0, 0.05) is 18.6 Å². The minimum Gasteiger partial charge on any atom is -0.346 e. The third kappa shape index (κ3) is 3.21. The summed E-state index contributed by atoms with van der Waals surface area (Å²) in [6, 6.07) is 8.37. The molecule has 0 spiro atoms. The van der Waals surface area contributed by atoms with Gasteiger partial charge in [0.05, 0.1) is 3.79 Å². The number of rotatable bonds is 3. The van der Waals surface area contributed by atoms with Gasteiger partial charge in [0.2, 0.25) is 14.9 Å². The molecule has 24 heavy (non-hydrogen) atoms. The van der Waals surface area contributed by atoms with E-state index in [1.807, 2.05) is 0 Å². The lowest BCUT2D eigenvalue weighted by Crippen LogP contribution is -2.39. The molecule has 0 radical (unpaired) electrons. The highest BCUT2D eigenvalue weighted by molar-refractivity contribution is 9.11. The number of hydrazone groups is 1. The number of benzene rings is 1. The van der Waals surface area contributed by atoms with Crippen LogP contribution in [0.3, 0.4) is 0 Å². The fourth-order valence-electron chi connectivity index (χ4n) is 2.12. The Hall–Kier alpha value is -1.42. The average Bonchev–Trinajstić information content (AvgIpc) is 2.94. The van der Waals surface area contributed by atoms with Crippen LogP contribution in [-0.4, -0.2) is 26.4 Å². The summed E-state index contributed by atoms with van der Waals surface area (Å²) >= 11 is 10.3. The largest absolute Gasteiger partial charge is 0.346 e. The van der Waals surface area contributed by atoms with E-state index in [1.165, 1.54) is 22.4 Å². The zero-order chi connectivity index (χ0) is 17.5. The number of sulfone groups is 1. The SMILES string of the molecule is CN1N=C(C(=O)NCc2ccc(Cl)cc2)S(=O)(=O)c2cc(Br)sc21. The molecule has 2 heterocycles. The number of thiophene rings is 1. The highest BCUT2D eigenvalue weighted by Gasteiger charge is 2.38. The molecule has 6 nitrogen and oxygen atoms in total. The molecular formula is C14H11BrClN3O3S2. The molecule has 1 aromatic carbocycles. The Bertz CT molecular complexity index is 939. The molecule has 0 fully saturated rings. The monoisotopic (exact) mass is 447 g/mol. The van der Waals surface area contributed by atoms with Gasteiger partial charge in [0.1, 0.15) is 9.90 Å². The highest BCUT2D eigenvalue weighted by Crippen LogP contribution is 2.40. The van der Waals surface area contributed by atoms with Gasteiger partial charge in [-0.1, -0.05) is 23.7 Å². The first-order valence-corrected chi connectivity index (χ1v) is 10.2. The molecule has 1 amide bonds. The fourth-order valence-corrected chi connectivity index (χ4v) is 5.70. The van der Waals surface area contributed by atoms with Crippen LogP contribution in [0.15, 0.2) is 44.1 Å². The van der Waals surface area contributed by atoms with E-state index in [0.29, 0.717) is 13.8 Å². The van der Waals surface area contributed by atoms with Crippen molar-refractivity contribution in [1.82, 2.24) is 5.32 Å². The maximum absolute atomic E-state index is 12.6. The van der Waals surface area contributed by atoms with Crippen LogP contribution < -0.4 is 10.3 Å². The molecular weight excluding hydrogens is 438 g/mol. The predicted molar refractivity (Wildman–Crippen MR) is 98.3 cm³/mol. The van der Waals surface area contributed by atoms with Crippen molar-refractivity contribution in [3.63, 3.8) is 0 Å². The zero-order valence-corrected chi connectivity index (χ0v) is 16.3. The summed E-state index contributed by atoms with van der Waals surface area (Å²) in [5.41, 5.74) is 0.800. The summed E-state index contributed by atoms with van der Waals surface area (Å²) in [6.45, 7) is 0.175. The first-order chi connectivity index (χ1) is 11.3. The molecule has 2 aromatic rings. The molecule has 1 aliphatic rings. The molecule has 0 unspecified atom stereocenters. The third-order valence-electron chi connectivity index (χ3n) is 3.29. The van der Waals surface area contributed by atoms with Gasteiger partial charge in [0.25, 0.3) is 5.91 Å². The number of carbonyl (C=O) groups is 1. The Balaban J connectivity index is 1.83. The van der Waals surface area contributed by atoms with Crippen LogP contribution >= 0.6 is 38.9 Å². The zero-order valence-electron chi connectivity index (χ0n) is 12.3. The Labute approximate surface area is 156 Å².